The van der Waals surface area contributed by atoms with Crippen LogP contribution in [0.15, 0.2) is 30.3 Å². The van der Waals surface area contributed by atoms with E-state index in [-0.39, 0.29) is 10.8 Å². The molecule has 3 aromatic rings. The van der Waals surface area contributed by atoms with E-state index in [9.17, 15) is 5.11 Å². The minimum atomic E-state index is 0.0821. The van der Waals surface area contributed by atoms with Gasteiger partial charge < -0.3 is 10.1 Å². The van der Waals surface area contributed by atoms with Crippen molar-refractivity contribution in [2.24, 2.45) is 5.92 Å². The quantitative estimate of drug-likeness (QED) is 0.481. The lowest BCUT2D eigenvalue weighted by Crippen LogP contribution is -2.51. The molecule has 0 bridgehead atoms. The molecule has 0 spiro atoms. The Labute approximate surface area is 180 Å². The van der Waals surface area contributed by atoms with Gasteiger partial charge in [-0.3, -0.25) is 0 Å². The fraction of sp³-hybridized carbons (Fsp3) is 0.500. The van der Waals surface area contributed by atoms with Crippen LogP contribution in [0.5, 0.6) is 5.75 Å². The molecule has 0 radical (unpaired) electrons. The molecule has 158 valence electrons. The predicted molar refractivity (Wildman–Crippen MR) is 126 cm³/mol. The van der Waals surface area contributed by atoms with Crippen molar-refractivity contribution in [3.63, 3.8) is 0 Å². The van der Waals surface area contributed by atoms with E-state index in [0.29, 0.717) is 17.6 Å². The molecule has 2 N–H and O–H groups in total. The van der Waals surface area contributed by atoms with Crippen molar-refractivity contribution in [2.75, 3.05) is 0 Å². The number of hydrogen-bond acceptors (Lipinski definition) is 1. The van der Waals surface area contributed by atoms with Crippen LogP contribution < -0.4 is 0 Å². The van der Waals surface area contributed by atoms with E-state index in [4.69, 9.17) is 0 Å². The highest BCUT2D eigenvalue weighted by molar-refractivity contribution is 5.88. The van der Waals surface area contributed by atoms with Crippen LogP contribution in [-0.2, 0) is 30.1 Å². The summed E-state index contributed by atoms with van der Waals surface area (Å²) in [6, 6.07) is 11.0. The first-order valence-corrected chi connectivity index (χ1v) is 11.7. The van der Waals surface area contributed by atoms with E-state index >= 15 is 0 Å². The van der Waals surface area contributed by atoms with Crippen LogP contribution in [-0.4, -0.2) is 10.1 Å². The smallest absolute Gasteiger partial charge is 0.119 e. The van der Waals surface area contributed by atoms with Gasteiger partial charge in [0.25, 0.3) is 0 Å². The number of aromatic amines is 1. The van der Waals surface area contributed by atoms with Crippen molar-refractivity contribution in [3.05, 3.63) is 63.8 Å². The van der Waals surface area contributed by atoms with Gasteiger partial charge in [0.15, 0.2) is 0 Å². The standard InChI is InChI=1S/C28H35NO/c1-7-17-9-8-10-18-20-15-28(6)21-12-13-22(30)24(16(2)3)19(21)11-14-23(28)27(4,5)26(20)29-25(17)18/h8-10,12-13,16,23,29-30H,7,11,14-15H2,1-6H3/t23-,28+/m0/s1. The summed E-state index contributed by atoms with van der Waals surface area (Å²) in [5.41, 5.74) is 9.94. The van der Waals surface area contributed by atoms with E-state index in [2.05, 4.69) is 70.8 Å². The van der Waals surface area contributed by atoms with Gasteiger partial charge in [-0.15, -0.1) is 0 Å². The highest BCUT2D eigenvalue weighted by Crippen LogP contribution is 2.58. The molecular weight excluding hydrogens is 366 g/mol. The molecule has 2 atom stereocenters. The molecular formula is C28H35NO. The maximum absolute atomic E-state index is 10.6. The van der Waals surface area contributed by atoms with E-state index in [1.807, 2.05) is 6.07 Å². The number of aromatic nitrogens is 1. The number of aromatic hydroxyl groups is 1. The summed E-state index contributed by atoms with van der Waals surface area (Å²) in [6.45, 7) is 14.0. The average Bonchev–Trinajstić information content (AvgIpc) is 3.06. The molecule has 0 aliphatic heterocycles. The second kappa shape index (κ2) is 6.39. The summed E-state index contributed by atoms with van der Waals surface area (Å²) >= 11 is 0. The van der Waals surface area contributed by atoms with Crippen LogP contribution >= 0.6 is 0 Å². The lowest BCUT2D eigenvalue weighted by Gasteiger charge is -2.54. The van der Waals surface area contributed by atoms with Crippen LogP contribution in [0.3, 0.4) is 0 Å². The third-order valence-corrected chi connectivity index (χ3v) is 8.45. The van der Waals surface area contributed by atoms with E-state index < -0.39 is 0 Å². The van der Waals surface area contributed by atoms with Crippen molar-refractivity contribution >= 4 is 10.9 Å². The van der Waals surface area contributed by atoms with Crippen molar-refractivity contribution in [2.45, 2.75) is 84.0 Å². The molecule has 0 saturated carbocycles. The molecule has 2 aliphatic rings. The van der Waals surface area contributed by atoms with Gasteiger partial charge in [-0.25, -0.2) is 0 Å². The summed E-state index contributed by atoms with van der Waals surface area (Å²) in [5, 5.41) is 12.0. The Bertz CT molecular complexity index is 1150. The molecule has 0 amide bonds. The zero-order valence-electron chi connectivity index (χ0n) is 19.3. The van der Waals surface area contributed by atoms with Gasteiger partial charge in [0.05, 0.1) is 0 Å². The van der Waals surface area contributed by atoms with Crippen LogP contribution in [0.1, 0.15) is 87.4 Å². The largest absolute Gasteiger partial charge is 0.508 e. The third-order valence-electron chi connectivity index (χ3n) is 8.45. The van der Waals surface area contributed by atoms with Crippen LogP contribution in [0.25, 0.3) is 10.9 Å². The van der Waals surface area contributed by atoms with Crippen molar-refractivity contribution in [1.29, 1.82) is 0 Å². The fourth-order valence-corrected chi connectivity index (χ4v) is 7.18. The SMILES string of the molecule is CCc1cccc2c3c([nH]c12)C(C)(C)[C@@H]1CCc2c(ccc(O)c2C(C)C)[C@@]1(C)C3. The van der Waals surface area contributed by atoms with E-state index in [1.54, 1.807) is 0 Å². The number of fused-ring (bicyclic) bond motifs is 6. The number of rotatable bonds is 2. The maximum Gasteiger partial charge on any atom is 0.119 e. The molecule has 5 rings (SSSR count). The topological polar surface area (TPSA) is 36.0 Å². The summed E-state index contributed by atoms with van der Waals surface area (Å²) in [4.78, 5) is 3.90. The summed E-state index contributed by atoms with van der Waals surface area (Å²) in [6.07, 6.45) is 4.36. The molecule has 1 aromatic heterocycles. The Hall–Kier alpha value is -2.22. The first-order chi connectivity index (χ1) is 14.2. The number of H-pyrrole nitrogens is 1. The molecule has 1 heterocycles. The zero-order chi connectivity index (χ0) is 21.4. The summed E-state index contributed by atoms with van der Waals surface area (Å²) in [5.74, 6) is 1.39. The number of hydrogen-bond donors (Lipinski definition) is 2. The van der Waals surface area contributed by atoms with Gasteiger partial charge >= 0.3 is 0 Å². The minimum absolute atomic E-state index is 0.0821. The molecule has 2 nitrogen and oxygen atoms in total. The fourth-order valence-electron chi connectivity index (χ4n) is 7.18. The number of nitrogens with one attached hydrogen (secondary N) is 1. The number of benzene rings is 2. The number of phenols is 1. The monoisotopic (exact) mass is 401 g/mol. The second-order valence-corrected chi connectivity index (χ2v) is 10.8. The molecule has 2 aromatic carbocycles. The van der Waals surface area contributed by atoms with Gasteiger partial charge in [0.2, 0.25) is 0 Å². The van der Waals surface area contributed by atoms with Crippen LogP contribution in [0, 0.1) is 5.92 Å². The maximum atomic E-state index is 10.6. The van der Waals surface area contributed by atoms with Gasteiger partial charge in [-0.05, 0) is 71.4 Å². The predicted octanol–water partition coefficient (Wildman–Crippen LogP) is 6.91. The molecule has 2 aliphatic carbocycles. The highest BCUT2D eigenvalue weighted by Gasteiger charge is 2.53. The highest BCUT2D eigenvalue weighted by atomic mass is 16.3. The van der Waals surface area contributed by atoms with Crippen molar-refractivity contribution in [3.8, 4) is 5.75 Å². The van der Waals surface area contributed by atoms with Crippen molar-refractivity contribution < 1.29 is 5.11 Å². The zero-order valence-corrected chi connectivity index (χ0v) is 19.3. The summed E-state index contributed by atoms with van der Waals surface area (Å²) in [7, 11) is 0. The van der Waals surface area contributed by atoms with Crippen LogP contribution in [0.4, 0.5) is 0 Å². The van der Waals surface area contributed by atoms with Crippen molar-refractivity contribution in [1.82, 2.24) is 4.98 Å². The van der Waals surface area contributed by atoms with E-state index in [1.165, 1.54) is 50.8 Å². The Morgan fingerprint density at radius 3 is 2.57 bits per heavy atom. The Kier molecular flexibility index (Phi) is 4.20. The molecule has 0 unspecified atom stereocenters. The first kappa shape index (κ1) is 19.7. The Morgan fingerprint density at radius 1 is 1.10 bits per heavy atom. The van der Waals surface area contributed by atoms with Gasteiger partial charge in [-0.1, -0.05) is 65.8 Å². The molecule has 0 fully saturated rings. The second-order valence-electron chi connectivity index (χ2n) is 10.8. The molecule has 0 saturated heterocycles. The first-order valence-electron chi connectivity index (χ1n) is 11.7. The molecule has 2 heteroatoms. The number of phenolic OH excluding ortho intramolecular Hbond substituents is 1. The summed E-state index contributed by atoms with van der Waals surface area (Å²) < 4.78 is 0. The number of aryl methyl sites for hydroxylation is 1. The Balaban J connectivity index is 1.77. The normalized spacial score (nSPS) is 24.6. The van der Waals surface area contributed by atoms with Crippen LogP contribution in [0.2, 0.25) is 0 Å². The number of para-hydroxylation sites is 1. The Morgan fingerprint density at radius 2 is 1.87 bits per heavy atom. The van der Waals surface area contributed by atoms with Gasteiger partial charge in [0, 0.05) is 27.4 Å². The lowest BCUT2D eigenvalue weighted by atomic mass is 9.49. The lowest BCUT2D eigenvalue weighted by molar-refractivity contribution is 0.137. The average molecular weight is 402 g/mol. The molecule has 30 heavy (non-hydrogen) atoms. The van der Waals surface area contributed by atoms with E-state index in [0.717, 1.165) is 19.3 Å². The van der Waals surface area contributed by atoms with Gasteiger partial charge in [0.1, 0.15) is 5.75 Å². The minimum Gasteiger partial charge on any atom is -0.508 e. The third kappa shape index (κ3) is 2.43. The van der Waals surface area contributed by atoms with Gasteiger partial charge in [-0.2, -0.15) is 0 Å².